The van der Waals surface area contributed by atoms with Crippen LogP contribution in [0.4, 0.5) is 17.6 Å². The lowest BCUT2D eigenvalue weighted by Crippen LogP contribution is -2.41. The maximum atomic E-state index is 14.6. The molecule has 0 bridgehead atoms. The average Bonchev–Trinajstić information content (AvgIpc) is 2.62. The van der Waals surface area contributed by atoms with E-state index in [2.05, 4.69) is 5.16 Å². The van der Waals surface area contributed by atoms with Crippen LogP contribution in [0, 0.1) is 5.82 Å². The molecule has 0 unspecified atom stereocenters. The predicted molar refractivity (Wildman–Crippen MR) is 95.1 cm³/mol. The summed E-state index contributed by atoms with van der Waals surface area (Å²) in [7, 11) is 0.851. The first-order valence-electron chi connectivity index (χ1n) is 8.60. The smallest absolute Gasteiger partial charge is 0.431 e. The van der Waals surface area contributed by atoms with E-state index in [0.29, 0.717) is 16.7 Å². The number of halogens is 4. The molecule has 2 heterocycles. The fraction of sp³-hybridized carbons (Fsp3) is 0.389. The van der Waals surface area contributed by atoms with Crippen molar-refractivity contribution in [1.82, 2.24) is 9.13 Å². The molecule has 11 heteroatoms. The van der Waals surface area contributed by atoms with E-state index >= 15 is 0 Å². The third-order valence-electron chi connectivity index (χ3n) is 4.18. The third-order valence-corrected chi connectivity index (χ3v) is 4.18. The van der Waals surface area contributed by atoms with Crippen LogP contribution >= 0.6 is 0 Å². The molecular weight excluding hydrogens is 398 g/mol. The molecule has 1 aromatic heterocycles. The van der Waals surface area contributed by atoms with Crippen molar-refractivity contribution in [1.29, 1.82) is 0 Å². The highest BCUT2D eigenvalue weighted by molar-refractivity contribution is 6.03. The van der Waals surface area contributed by atoms with Gasteiger partial charge >= 0.3 is 11.9 Å². The van der Waals surface area contributed by atoms with Crippen molar-refractivity contribution in [2.75, 3.05) is 6.61 Å². The first-order valence-corrected chi connectivity index (χ1v) is 8.60. The molecule has 3 rings (SSSR count). The van der Waals surface area contributed by atoms with Gasteiger partial charge in [-0.2, -0.15) is 13.2 Å². The number of alkyl halides is 3. The SMILES string of the molecule is CC(C)O/N=C1\CCOc2cc(F)c(-n3c(=O)cc(C(F)(F)F)n(C)c3=O)cc21. The fourth-order valence-electron chi connectivity index (χ4n) is 2.84. The molecule has 0 saturated heterocycles. The molecule has 7 nitrogen and oxygen atoms in total. The topological polar surface area (TPSA) is 74.8 Å². The molecule has 156 valence electrons. The molecule has 1 aliphatic heterocycles. The number of aromatic nitrogens is 2. The van der Waals surface area contributed by atoms with E-state index in [1.807, 2.05) is 0 Å². The lowest BCUT2D eigenvalue weighted by Gasteiger charge is -2.21. The second-order valence-electron chi connectivity index (χ2n) is 6.63. The first kappa shape index (κ1) is 20.6. The standard InChI is InChI=1S/C18H17F4N3O4/c1-9(2)29-23-12-4-5-28-14-7-11(19)13(6-10(12)14)25-16(26)8-15(18(20,21)22)24(3)17(25)27/h6-9H,4-5H2,1-3H3/b23-12+. The minimum atomic E-state index is -4.91. The van der Waals surface area contributed by atoms with Gasteiger partial charge in [0.1, 0.15) is 17.5 Å². The van der Waals surface area contributed by atoms with Gasteiger partial charge in [-0.1, -0.05) is 5.16 Å². The van der Waals surface area contributed by atoms with Gasteiger partial charge in [0, 0.05) is 31.2 Å². The Morgan fingerprint density at radius 3 is 2.52 bits per heavy atom. The van der Waals surface area contributed by atoms with E-state index < -0.39 is 34.6 Å². The zero-order valence-corrected chi connectivity index (χ0v) is 15.7. The highest BCUT2D eigenvalue weighted by Crippen LogP contribution is 2.30. The average molecular weight is 415 g/mol. The van der Waals surface area contributed by atoms with Gasteiger partial charge in [0.25, 0.3) is 5.56 Å². The first-order chi connectivity index (χ1) is 13.5. The van der Waals surface area contributed by atoms with Crippen molar-refractivity contribution in [3.05, 3.63) is 56.1 Å². The zero-order chi connectivity index (χ0) is 21.5. The van der Waals surface area contributed by atoms with Crippen LogP contribution in [0.25, 0.3) is 5.69 Å². The molecule has 0 saturated carbocycles. The molecule has 0 radical (unpaired) electrons. The van der Waals surface area contributed by atoms with Crippen molar-refractivity contribution in [3.63, 3.8) is 0 Å². The number of nitrogens with zero attached hydrogens (tertiary/aromatic N) is 3. The largest absolute Gasteiger partial charge is 0.492 e. The lowest BCUT2D eigenvalue weighted by atomic mass is 10.0. The summed E-state index contributed by atoms with van der Waals surface area (Å²) in [6.45, 7) is 3.73. The van der Waals surface area contributed by atoms with Gasteiger partial charge in [0.2, 0.25) is 0 Å². The lowest BCUT2D eigenvalue weighted by molar-refractivity contribution is -0.144. The number of ether oxygens (including phenoxy) is 1. The number of fused-ring (bicyclic) bond motifs is 1. The van der Waals surface area contributed by atoms with Gasteiger partial charge in [-0.3, -0.25) is 9.36 Å². The zero-order valence-electron chi connectivity index (χ0n) is 15.7. The van der Waals surface area contributed by atoms with Crippen molar-refractivity contribution in [3.8, 4) is 11.4 Å². The van der Waals surface area contributed by atoms with Crippen molar-refractivity contribution in [2.24, 2.45) is 12.2 Å². The number of hydrogen-bond donors (Lipinski definition) is 0. The molecular formula is C18H17F4N3O4. The Hall–Kier alpha value is -3.11. The Morgan fingerprint density at radius 2 is 1.90 bits per heavy atom. The minimum Gasteiger partial charge on any atom is -0.492 e. The summed E-state index contributed by atoms with van der Waals surface area (Å²) < 4.78 is 59.7. The van der Waals surface area contributed by atoms with Crippen LogP contribution in [0.2, 0.25) is 0 Å². The van der Waals surface area contributed by atoms with Crippen LogP contribution in [0.15, 0.2) is 32.9 Å². The van der Waals surface area contributed by atoms with Crippen molar-refractivity contribution >= 4 is 5.71 Å². The Bertz CT molecular complexity index is 1100. The Kier molecular flexibility index (Phi) is 5.24. The number of rotatable bonds is 3. The maximum Gasteiger partial charge on any atom is 0.431 e. The van der Waals surface area contributed by atoms with E-state index in [4.69, 9.17) is 9.57 Å². The molecule has 29 heavy (non-hydrogen) atoms. The van der Waals surface area contributed by atoms with Gasteiger partial charge in [-0.05, 0) is 19.9 Å². The van der Waals surface area contributed by atoms with Crippen LogP contribution in [0.1, 0.15) is 31.5 Å². The minimum absolute atomic E-state index is 0.125. The molecule has 0 atom stereocenters. The molecule has 0 aliphatic carbocycles. The Morgan fingerprint density at radius 1 is 1.21 bits per heavy atom. The van der Waals surface area contributed by atoms with Gasteiger partial charge in [0.05, 0.1) is 18.0 Å². The summed E-state index contributed by atoms with van der Waals surface area (Å²) in [5.41, 5.74) is -3.91. The molecule has 1 aliphatic rings. The van der Waals surface area contributed by atoms with Gasteiger partial charge in [-0.25, -0.2) is 13.8 Å². The molecule has 0 spiro atoms. The quantitative estimate of drug-likeness (QED) is 0.571. The fourth-order valence-corrected chi connectivity index (χ4v) is 2.84. The Labute approximate surface area is 161 Å². The second-order valence-corrected chi connectivity index (χ2v) is 6.63. The molecule has 1 aromatic carbocycles. The summed E-state index contributed by atoms with van der Waals surface area (Å²) >= 11 is 0. The second kappa shape index (κ2) is 7.37. The van der Waals surface area contributed by atoms with Crippen LogP contribution < -0.4 is 16.0 Å². The van der Waals surface area contributed by atoms with Gasteiger partial charge in [0.15, 0.2) is 5.82 Å². The number of benzene rings is 1. The summed E-state index contributed by atoms with van der Waals surface area (Å²) in [6, 6.07) is 2.34. The molecule has 0 fully saturated rings. The van der Waals surface area contributed by atoms with E-state index in [-0.39, 0.29) is 34.7 Å². The monoisotopic (exact) mass is 415 g/mol. The van der Waals surface area contributed by atoms with Crippen LogP contribution in [-0.4, -0.2) is 27.6 Å². The third kappa shape index (κ3) is 3.89. The number of hydrogen-bond acceptors (Lipinski definition) is 5. The molecule has 2 aromatic rings. The van der Waals surface area contributed by atoms with E-state index in [1.54, 1.807) is 13.8 Å². The van der Waals surface area contributed by atoms with Crippen LogP contribution in [0.5, 0.6) is 5.75 Å². The van der Waals surface area contributed by atoms with Crippen LogP contribution in [0.3, 0.4) is 0 Å². The van der Waals surface area contributed by atoms with E-state index in [0.717, 1.165) is 19.2 Å². The van der Waals surface area contributed by atoms with Gasteiger partial charge < -0.3 is 9.57 Å². The summed E-state index contributed by atoms with van der Waals surface area (Å²) in [5.74, 6) is -0.880. The number of oxime groups is 1. The normalized spacial score (nSPS) is 15.4. The van der Waals surface area contributed by atoms with Gasteiger partial charge in [-0.15, -0.1) is 0 Å². The highest BCUT2D eigenvalue weighted by atomic mass is 19.4. The van der Waals surface area contributed by atoms with Crippen molar-refractivity contribution < 1.29 is 27.1 Å². The highest BCUT2D eigenvalue weighted by Gasteiger charge is 2.35. The Balaban J connectivity index is 2.23. The van der Waals surface area contributed by atoms with E-state index in [1.165, 1.54) is 0 Å². The molecule has 0 N–H and O–H groups in total. The van der Waals surface area contributed by atoms with E-state index in [9.17, 15) is 27.2 Å². The summed E-state index contributed by atoms with van der Waals surface area (Å²) in [5, 5.41) is 3.99. The summed E-state index contributed by atoms with van der Waals surface area (Å²) in [4.78, 5) is 29.9. The maximum absolute atomic E-state index is 14.6. The van der Waals surface area contributed by atoms with Crippen molar-refractivity contribution in [2.45, 2.75) is 32.5 Å². The molecule has 0 amide bonds. The summed E-state index contributed by atoms with van der Waals surface area (Å²) in [6.07, 6.45) is -4.81. The van der Waals surface area contributed by atoms with Crippen LogP contribution in [-0.2, 0) is 18.1 Å². The predicted octanol–water partition coefficient (Wildman–Crippen LogP) is 2.61.